The molecule has 0 radical (unpaired) electrons. The number of amides is 1. The van der Waals surface area contributed by atoms with Crippen LogP contribution in [0.5, 0.6) is 0 Å². The minimum absolute atomic E-state index is 0.136. The highest BCUT2D eigenvalue weighted by atomic mass is 16.2. The van der Waals surface area contributed by atoms with Gasteiger partial charge >= 0.3 is 0 Å². The van der Waals surface area contributed by atoms with Crippen molar-refractivity contribution in [1.82, 2.24) is 10.6 Å². The molecule has 0 spiro atoms. The van der Waals surface area contributed by atoms with Crippen molar-refractivity contribution in [2.24, 2.45) is 0 Å². The van der Waals surface area contributed by atoms with Crippen LogP contribution < -0.4 is 10.6 Å². The van der Waals surface area contributed by atoms with E-state index in [-0.39, 0.29) is 18.5 Å². The molecule has 0 saturated heterocycles. The number of hydrogen-bond donors (Lipinski definition) is 2. The molecule has 2 N–H and O–H groups in total. The van der Waals surface area contributed by atoms with E-state index in [0.717, 1.165) is 0 Å². The maximum Gasteiger partial charge on any atom is 0.237 e. The third-order valence-electron chi connectivity index (χ3n) is 1.27. The lowest BCUT2D eigenvalue weighted by molar-refractivity contribution is -0.122. The van der Waals surface area contributed by atoms with Gasteiger partial charge in [0, 0.05) is 0 Å². The summed E-state index contributed by atoms with van der Waals surface area (Å²) >= 11 is 0. The molecular weight excluding hydrogens is 152 g/mol. The molecule has 3 nitrogen and oxygen atoms in total. The molecule has 0 saturated carbocycles. The molecule has 0 heterocycles. The summed E-state index contributed by atoms with van der Waals surface area (Å²) in [4.78, 5) is 11.1. The molecule has 0 fully saturated rings. The van der Waals surface area contributed by atoms with Crippen molar-refractivity contribution in [3.63, 3.8) is 0 Å². The first-order chi connectivity index (χ1) is 5.72. The molecule has 0 aromatic carbocycles. The molecule has 3 heteroatoms. The van der Waals surface area contributed by atoms with Gasteiger partial charge in [0.2, 0.25) is 5.91 Å². The van der Waals surface area contributed by atoms with Crippen LogP contribution in [0, 0.1) is 24.7 Å². The molecule has 0 aliphatic rings. The van der Waals surface area contributed by atoms with Gasteiger partial charge in [-0.1, -0.05) is 11.8 Å². The maximum atomic E-state index is 11.1. The first kappa shape index (κ1) is 10.6. The lowest BCUT2D eigenvalue weighted by Crippen LogP contribution is -2.42. The van der Waals surface area contributed by atoms with E-state index in [4.69, 9.17) is 12.8 Å². The summed E-state index contributed by atoms with van der Waals surface area (Å²) in [6.07, 6.45) is 9.96. The summed E-state index contributed by atoms with van der Waals surface area (Å²) in [7, 11) is 0. The number of carbonyl (C=O) groups excluding carboxylic acids is 1. The summed E-state index contributed by atoms with van der Waals surface area (Å²) in [5, 5.41) is 5.36. The van der Waals surface area contributed by atoms with Crippen LogP contribution in [0.4, 0.5) is 0 Å². The van der Waals surface area contributed by atoms with E-state index in [1.807, 2.05) is 0 Å². The van der Waals surface area contributed by atoms with Crippen LogP contribution in [0.3, 0.4) is 0 Å². The molecule has 0 rings (SSSR count). The summed E-state index contributed by atoms with van der Waals surface area (Å²) in [5.41, 5.74) is 0. The van der Waals surface area contributed by atoms with Gasteiger partial charge in [0.25, 0.3) is 0 Å². The van der Waals surface area contributed by atoms with Gasteiger partial charge in [-0.05, 0) is 6.92 Å². The second-order valence-electron chi connectivity index (χ2n) is 2.23. The number of nitrogens with one attached hydrogen (secondary N) is 2. The second-order valence-corrected chi connectivity index (χ2v) is 2.23. The van der Waals surface area contributed by atoms with E-state index < -0.39 is 0 Å². The van der Waals surface area contributed by atoms with Crippen molar-refractivity contribution >= 4 is 5.91 Å². The Morgan fingerprint density at radius 3 is 2.50 bits per heavy atom. The Morgan fingerprint density at radius 1 is 1.42 bits per heavy atom. The van der Waals surface area contributed by atoms with Gasteiger partial charge in [-0.15, -0.1) is 12.8 Å². The summed E-state index contributed by atoms with van der Waals surface area (Å²) < 4.78 is 0. The van der Waals surface area contributed by atoms with Crippen LogP contribution in [-0.4, -0.2) is 25.0 Å². The number of terminal acetylenes is 2. The van der Waals surface area contributed by atoms with Crippen molar-refractivity contribution in [1.29, 1.82) is 0 Å². The van der Waals surface area contributed by atoms with E-state index >= 15 is 0 Å². The van der Waals surface area contributed by atoms with Crippen LogP contribution in [0.25, 0.3) is 0 Å². The smallest absolute Gasteiger partial charge is 0.237 e. The first-order valence-corrected chi connectivity index (χ1v) is 3.60. The van der Waals surface area contributed by atoms with E-state index in [9.17, 15) is 4.79 Å². The van der Waals surface area contributed by atoms with Crippen molar-refractivity contribution in [2.45, 2.75) is 13.0 Å². The van der Waals surface area contributed by atoms with Gasteiger partial charge in [-0.2, -0.15) is 0 Å². The number of rotatable bonds is 4. The third-order valence-corrected chi connectivity index (χ3v) is 1.27. The first-order valence-electron chi connectivity index (χ1n) is 3.60. The van der Waals surface area contributed by atoms with Gasteiger partial charge in [-0.3, -0.25) is 10.1 Å². The van der Waals surface area contributed by atoms with Crippen LogP contribution in [0.2, 0.25) is 0 Å². The summed E-state index contributed by atoms with van der Waals surface area (Å²) in [6, 6.07) is -0.297. The Bertz CT molecular complexity index is 222. The average molecular weight is 164 g/mol. The van der Waals surface area contributed by atoms with Crippen LogP contribution in [0.15, 0.2) is 0 Å². The molecule has 0 aromatic heterocycles. The minimum atomic E-state index is -0.297. The fraction of sp³-hybridized carbons (Fsp3) is 0.444. The average Bonchev–Trinajstić information content (AvgIpc) is 2.10. The highest BCUT2D eigenvalue weighted by molar-refractivity contribution is 5.81. The predicted molar refractivity (Wildman–Crippen MR) is 48.1 cm³/mol. The fourth-order valence-corrected chi connectivity index (χ4v) is 0.596. The standard InChI is InChI=1S/C9H12N2O/c1-4-6-10-8(3)9(12)11-7-5-2/h1-2,8,10H,6-7H2,3H3,(H,11,12). The largest absolute Gasteiger partial charge is 0.344 e. The van der Waals surface area contributed by atoms with Gasteiger partial charge in [0.05, 0.1) is 19.1 Å². The van der Waals surface area contributed by atoms with Crippen LogP contribution in [-0.2, 0) is 4.79 Å². The Labute approximate surface area is 72.9 Å². The van der Waals surface area contributed by atoms with Crippen LogP contribution in [0.1, 0.15) is 6.92 Å². The van der Waals surface area contributed by atoms with Gasteiger partial charge in [0.15, 0.2) is 0 Å². The number of hydrogen-bond acceptors (Lipinski definition) is 2. The molecule has 64 valence electrons. The Hall–Kier alpha value is -1.45. The van der Waals surface area contributed by atoms with Crippen molar-refractivity contribution in [3.8, 4) is 24.7 Å². The Balaban J connectivity index is 3.64. The summed E-state index contributed by atoms with van der Waals surface area (Å²) in [5.74, 6) is 4.55. The zero-order valence-corrected chi connectivity index (χ0v) is 7.05. The predicted octanol–water partition coefficient (Wildman–Crippen LogP) is -0.653. The Kier molecular flexibility index (Phi) is 5.51. The maximum absolute atomic E-state index is 11.1. The molecule has 0 aromatic rings. The van der Waals surface area contributed by atoms with Gasteiger partial charge in [0.1, 0.15) is 0 Å². The van der Waals surface area contributed by atoms with Crippen molar-refractivity contribution < 1.29 is 4.79 Å². The SMILES string of the molecule is C#CCNC(=O)C(C)NCC#C. The summed E-state index contributed by atoms with van der Waals surface area (Å²) in [6.45, 7) is 2.36. The topological polar surface area (TPSA) is 41.1 Å². The lowest BCUT2D eigenvalue weighted by atomic mass is 10.3. The monoisotopic (exact) mass is 164 g/mol. The lowest BCUT2D eigenvalue weighted by Gasteiger charge is -2.10. The molecule has 1 atom stereocenters. The molecule has 1 unspecified atom stereocenters. The molecule has 0 aliphatic carbocycles. The second kappa shape index (κ2) is 6.27. The van der Waals surface area contributed by atoms with Crippen molar-refractivity contribution in [3.05, 3.63) is 0 Å². The molecular formula is C9H12N2O. The van der Waals surface area contributed by atoms with E-state index in [2.05, 4.69) is 22.5 Å². The Morgan fingerprint density at radius 2 is 2.00 bits per heavy atom. The van der Waals surface area contributed by atoms with Gasteiger partial charge in [-0.25, -0.2) is 0 Å². The van der Waals surface area contributed by atoms with Crippen molar-refractivity contribution in [2.75, 3.05) is 13.1 Å². The highest BCUT2D eigenvalue weighted by Crippen LogP contribution is 1.79. The molecule has 0 bridgehead atoms. The van der Waals surface area contributed by atoms with Gasteiger partial charge < -0.3 is 5.32 Å². The number of carbonyl (C=O) groups is 1. The molecule has 1 amide bonds. The quantitative estimate of drug-likeness (QED) is 0.542. The highest BCUT2D eigenvalue weighted by Gasteiger charge is 2.08. The zero-order valence-electron chi connectivity index (χ0n) is 7.05. The normalized spacial score (nSPS) is 10.9. The molecule has 0 aliphatic heterocycles. The van der Waals surface area contributed by atoms with E-state index in [1.165, 1.54) is 0 Å². The van der Waals surface area contributed by atoms with Crippen LogP contribution >= 0.6 is 0 Å². The fourth-order valence-electron chi connectivity index (χ4n) is 0.596. The minimum Gasteiger partial charge on any atom is -0.344 e. The van der Waals surface area contributed by atoms with E-state index in [0.29, 0.717) is 6.54 Å². The van der Waals surface area contributed by atoms with E-state index in [1.54, 1.807) is 6.92 Å². The molecule has 12 heavy (non-hydrogen) atoms. The zero-order chi connectivity index (χ0) is 9.40. The third kappa shape index (κ3) is 4.38.